The molecule has 6 nitrogen and oxygen atoms in total. The molecule has 30 heavy (non-hydrogen) atoms. The van der Waals surface area contributed by atoms with E-state index < -0.39 is 0 Å². The highest BCUT2D eigenvalue weighted by molar-refractivity contribution is 9.10. The minimum absolute atomic E-state index is 0.651. The highest BCUT2D eigenvalue weighted by atomic mass is 79.9. The SMILES string of the molecule is CC.CC/C(=N\c1c(Br)cnn1CNCCCN1CCOCC1)c1ccccc1C. The van der Waals surface area contributed by atoms with Crippen LogP contribution in [-0.4, -0.2) is 59.8 Å². The van der Waals surface area contributed by atoms with Crippen molar-refractivity contribution < 1.29 is 4.74 Å². The highest BCUT2D eigenvalue weighted by Gasteiger charge is 2.12. The molecule has 1 aromatic carbocycles. The van der Waals surface area contributed by atoms with Crippen LogP contribution in [0, 0.1) is 6.92 Å². The van der Waals surface area contributed by atoms with Crippen molar-refractivity contribution in [1.82, 2.24) is 20.0 Å². The fourth-order valence-corrected chi connectivity index (χ4v) is 3.76. The zero-order valence-electron chi connectivity index (χ0n) is 18.8. The second-order valence-corrected chi connectivity index (χ2v) is 7.86. The summed E-state index contributed by atoms with van der Waals surface area (Å²) in [7, 11) is 0. The molecule has 1 N–H and O–H groups in total. The van der Waals surface area contributed by atoms with Gasteiger partial charge in [-0.1, -0.05) is 45.0 Å². The van der Waals surface area contributed by atoms with Gasteiger partial charge in [-0.3, -0.25) is 10.2 Å². The minimum atomic E-state index is 0.651. The van der Waals surface area contributed by atoms with E-state index in [0.717, 1.165) is 68.2 Å². The Morgan fingerprint density at radius 1 is 1.23 bits per heavy atom. The molecule has 0 bridgehead atoms. The van der Waals surface area contributed by atoms with Crippen LogP contribution in [0.2, 0.25) is 0 Å². The number of hydrogen-bond acceptors (Lipinski definition) is 5. The van der Waals surface area contributed by atoms with Crippen molar-refractivity contribution in [2.24, 2.45) is 4.99 Å². The van der Waals surface area contributed by atoms with E-state index in [9.17, 15) is 0 Å². The Morgan fingerprint density at radius 3 is 2.67 bits per heavy atom. The lowest BCUT2D eigenvalue weighted by Gasteiger charge is -2.26. The maximum absolute atomic E-state index is 5.39. The molecule has 166 valence electrons. The van der Waals surface area contributed by atoms with Crippen LogP contribution in [-0.2, 0) is 11.4 Å². The van der Waals surface area contributed by atoms with Crippen molar-refractivity contribution in [3.63, 3.8) is 0 Å². The van der Waals surface area contributed by atoms with Crippen LogP contribution in [0.1, 0.15) is 44.7 Å². The largest absolute Gasteiger partial charge is 0.379 e. The van der Waals surface area contributed by atoms with Gasteiger partial charge in [0.15, 0.2) is 5.82 Å². The van der Waals surface area contributed by atoms with E-state index in [-0.39, 0.29) is 0 Å². The first kappa shape index (κ1) is 24.7. The summed E-state index contributed by atoms with van der Waals surface area (Å²) in [5, 5.41) is 7.97. The molecule has 1 aromatic heterocycles. The monoisotopic (exact) mass is 477 g/mol. The zero-order valence-corrected chi connectivity index (χ0v) is 20.4. The number of aliphatic imine (C=N–C) groups is 1. The van der Waals surface area contributed by atoms with E-state index in [4.69, 9.17) is 9.73 Å². The number of morpholine rings is 1. The van der Waals surface area contributed by atoms with Gasteiger partial charge in [0.2, 0.25) is 0 Å². The van der Waals surface area contributed by atoms with Gasteiger partial charge in [-0.05, 0) is 59.9 Å². The summed E-state index contributed by atoms with van der Waals surface area (Å²) in [4.78, 5) is 7.41. The molecule has 0 radical (unpaired) electrons. The number of hydrogen-bond donors (Lipinski definition) is 1. The number of benzene rings is 1. The van der Waals surface area contributed by atoms with Crippen molar-refractivity contribution in [1.29, 1.82) is 0 Å². The van der Waals surface area contributed by atoms with Gasteiger partial charge in [-0.25, -0.2) is 9.67 Å². The van der Waals surface area contributed by atoms with Gasteiger partial charge in [0, 0.05) is 13.1 Å². The van der Waals surface area contributed by atoms with E-state index in [1.807, 2.05) is 24.7 Å². The van der Waals surface area contributed by atoms with Gasteiger partial charge in [-0.2, -0.15) is 5.10 Å². The average Bonchev–Trinajstić information content (AvgIpc) is 3.13. The maximum atomic E-state index is 5.39. The van der Waals surface area contributed by atoms with E-state index >= 15 is 0 Å². The Morgan fingerprint density at radius 2 is 1.97 bits per heavy atom. The van der Waals surface area contributed by atoms with Crippen molar-refractivity contribution in [3.05, 3.63) is 46.1 Å². The van der Waals surface area contributed by atoms with Crippen molar-refractivity contribution in [3.8, 4) is 0 Å². The fourth-order valence-electron chi connectivity index (χ4n) is 3.37. The van der Waals surface area contributed by atoms with Crippen LogP contribution in [0.3, 0.4) is 0 Å². The maximum Gasteiger partial charge on any atom is 0.166 e. The molecule has 0 unspecified atom stereocenters. The van der Waals surface area contributed by atoms with E-state index in [0.29, 0.717) is 6.67 Å². The fraction of sp³-hybridized carbons (Fsp3) is 0.565. The van der Waals surface area contributed by atoms with Gasteiger partial charge in [0.05, 0.1) is 36.3 Å². The molecule has 1 aliphatic heterocycles. The lowest BCUT2D eigenvalue weighted by atomic mass is 10.0. The molecule has 0 amide bonds. The standard InChI is InChI=1S/C21H30BrN5O.C2H6/c1-3-20(18-8-5-4-7-17(18)2)25-21-19(22)15-24-27(21)16-23-9-6-10-26-11-13-28-14-12-26;1-2/h4-5,7-8,15,23H,3,6,9-14,16H2,1-2H3;1-2H3/b25-20+;. The predicted molar refractivity (Wildman–Crippen MR) is 129 cm³/mol. The molecule has 3 rings (SSSR count). The molecule has 0 spiro atoms. The molecule has 1 saturated heterocycles. The zero-order chi connectivity index (χ0) is 21.8. The molecule has 1 aliphatic rings. The Labute approximate surface area is 189 Å². The van der Waals surface area contributed by atoms with Crippen LogP contribution >= 0.6 is 15.9 Å². The smallest absolute Gasteiger partial charge is 0.166 e. The summed E-state index contributed by atoms with van der Waals surface area (Å²) in [6.07, 6.45) is 3.80. The van der Waals surface area contributed by atoms with Crippen LogP contribution in [0.4, 0.5) is 5.82 Å². The average molecular weight is 478 g/mol. The molecule has 0 saturated carbocycles. The number of nitrogens with zero attached hydrogens (tertiary/aromatic N) is 4. The van der Waals surface area contributed by atoms with Gasteiger partial charge in [0.1, 0.15) is 0 Å². The van der Waals surface area contributed by atoms with E-state index in [1.165, 1.54) is 11.1 Å². The van der Waals surface area contributed by atoms with Crippen molar-refractivity contribution in [2.75, 3.05) is 39.4 Å². The first-order valence-electron chi connectivity index (χ1n) is 11.0. The molecule has 2 heterocycles. The minimum Gasteiger partial charge on any atom is -0.379 e. The third-order valence-corrected chi connectivity index (χ3v) is 5.55. The van der Waals surface area contributed by atoms with Gasteiger partial charge < -0.3 is 4.74 Å². The molecule has 7 heteroatoms. The lowest BCUT2D eigenvalue weighted by Crippen LogP contribution is -2.37. The number of aromatic nitrogens is 2. The summed E-state index contributed by atoms with van der Waals surface area (Å²) < 4.78 is 8.24. The number of nitrogens with one attached hydrogen (secondary N) is 1. The van der Waals surface area contributed by atoms with Crippen LogP contribution in [0.5, 0.6) is 0 Å². The third-order valence-electron chi connectivity index (χ3n) is 4.99. The first-order valence-corrected chi connectivity index (χ1v) is 11.8. The molecule has 2 aromatic rings. The topological polar surface area (TPSA) is 54.7 Å². The lowest BCUT2D eigenvalue weighted by molar-refractivity contribution is 0.0374. The number of ether oxygens (including phenoxy) is 1. The normalized spacial score (nSPS) is 15.0. The molecule has 0 atom stereocenters. The highest BCUT2D eigenvalue weighted by Crippen LogP contribution is 2.26. The van der Waals surface area contributed by atoms with Gasteiger partial charge in [0.25, 0.3) is 0 Å². The van der Waals surface area contributed by atoms with E-state index in [1.54, 1.807) is 0 Å². The number of aryl methyl sites for hydroxylation is 1. The predicted octanol–water partition coefficient (Wildman–Crippen LogP) is 4.78. The molecular weight excluding hydrogens is 442 g/mol. The van der Waals surface area contributed by atoms with Gasteiger partial charge in [-0.15, -0.1) is 0 Å². The summed E-state index contributed by atoms with van der Waals surface area (Å²) in [6.45, 7) is 14.8. The van der Waals surface area contributed by atoms with Crippen molar-refractivity contribution >= 4 is 27.5 Å². The summed E-state index contributed by atoms with van der Waals surface area (Å²) in [5.74, 6) is 0.862. The second kappa shape index (κ2) is 13.7. The van der Waals surface area contributed by atoms with Crippen LogP contribution < -0.4 is 5.32 Å². The van der Waals surface area contributed by atoms with Crippen LogP contribution in [0.25, 0.3) is 0 Å². The quantitative estimate of drug-likeness (QED) is 0.416. The number of halogens is 1. The molecular formula is C23H36BrN5O. The molecule has 1 fully saturated rings. The first-order chi connectivity index (χ1) is 14.7. The Hall–Kier alpha value is -1.54. The summed E-state index contributed by atoms with van der Waals surface area (Å²) >= 11 is 3.60. The van der Waals surface area contributed by atoms with Gasteiger partial charge >= 0.3 is 0 Å². The number of rotatable bonds is 9. The molecule has 0 aliphatic carbocycles. The Kier molecular flexibility index (Phi) is 11.3. The second-order valence-electron chi connectivity index (χ2n) is 7.01. The van der Waals surface area contributed by atoms with E-state index in [2.05, 4.69) is 69.4 Å². The summed E-state index contributed by atoms with van der Waals surface area (Å²) in [5.41, 5.74) is 3.52. The Balaban J connectivity index is 0.00000155. The summed E-state index contributed by atoms with van der Waals surface area (Å²) in [6, 6.07) is 8.39. The van der Waals surface area contributed by atoms with Crippen LogP contribution in [0.15, 0.2) is 39.9 Å². The Bertz CT molecular complexity index is 784. The third kappa shape index (κ3) is 7.30. The van der Waals surface area contributed by atoms with Crippen molar-refractivity contribution in [2.45, 2.75) is 47.2 Å².